The zero-order valence-electron chi connectivity index (χ0n) is 11.4. The van der Waals surface area contributed by atoms with Gasteiger partial charge in [-0.3, -0.25) is 5.32 Å². The van der Waals surface area contributed by atoms with Crippen molar-refractivity contribution < 1.29 is 19.0 Å². The van der Waals surface area contributed by atoms with E-state index in [0.717, 1.165) is 12.5 Å². The van der Waals surface area contributed by atoms with Gasteiger partial charge in [0.1, 0.15) is 6.04 Å². The van der Waals surface area contributed by atoms with Crippen LogP contribution in [0.15, 0.2) is 18.2 Å². The van der Waals surface area contributed by atoms with Gasteiger partial charge >= 0.3 is 5.97 Å². The number of phenolic OH excluding ortho intramolecular Hbond substituents is 1. The average molecular weight is 269 g/mol. The third-order valence-corrected chi connectivity index (χ3v) is 2.89. The molecule has 2 atom stereocenters. The van der Waals surface area contributed by atoms with E-state index in [1.165, 1.54) is 12.1 Å². The Hall–Kier alpha value is -1.62. The number of esters is 1. The van der Waals surface area contributed by atoms with Gasteiger partial charge in [-0.2, -0.15) is 0 Å². The Labute approximate surface area is 112 Å². The van der Waals surface area contributed by atoms with Crippen molar-refractivity contribution in [1.29, 1.82) is 0 Å². The molecule has 4 nitrogen and oxygen atoms in total. The second-order valence-corrected chi connectivity index (χ2v) is 4.37. The normalized spacial score (nSPS) is 13.9. The lowest BCUT2D eigenvalue weighted by Gasteiger charge is -2.21. The van der Waals surface area contributed by atoms with Crippen molar-refractivity contribution in [3.8, 4) is 5.75 Å². The number of ether oxygens (including phenoxy) is 1. The van der Waals surface area contributed by atoms with Crippen LogP contribution in [0, 0.1) is 5.82 Å². The standard InChI is InChI=1S/C14H20FNO3/c1-4-9(3)16-13(14(18)19-5-2)10-6-7-12(17)11(15)8-10/h6-9,13,16-17H,4-5H2,1-3H3. The van der Waals surface area contributed by atoms with Crippen LogP contribution in [0.4, 0.5) is 4.39 Å². The zero-order valence-corrected chi connectivity index (χ0v) is 11.4. The number of aromatic hydroxyl groups is 1. The number of phenols is 1. The third-order valence-electron chi connectivity index (χ3n) is 2.89. The fourth-order valence-corrected chi connectivity index (χ4v) is 1.63. The molecule has 2 unspecified atom stereocenters. The second kappa shape index (κ2) is 7.09. The van der Waals surface area contributed by atoms with Crippen LogP contribution in [0.25, 0.3) is 0 Å². The van der Waals surface area contributed by atoms with Crippen molar-refractivity contribution in [2.45, 2.75) is 39.3 Å². The van der Waals surface area contributed by atoms with Gasteiger partial charge in [0.2, 0.25) is 0 Å². The van der Waals surface area contributed by atoms with E-state index in [1.54, 1.807) is 6.92 Å². The fraction of sp³-hybridized carbons (Fsp3) is 0.500. The predicted molar refractivity (Wildman–Crippen MR) is 70.3 cm³/mol. The molecule has 0 radical (unpaired) electrons. The summed E-state index contributed by atoms with van der Waals surface area (Å²) in [6.45, 7) is 5.90. The summed E-state index contributed by atoms with van der Waals surface area (Å²) in [5.74, 6) is -1.64. The molecule has 0 saturated carbocycles. The van der Waals surface area contributed by atoms with Gasteiger partial charge in [0, 0.05) is 6.04 Å². The van der Waals surface area contributed by atoms with Crippen LogP contribution in [-0.4, -0.2) is 23.7 Å². The highest BCUT2D eigenvalue weighted by molar-refractivity contribution is 5.77. The molecular weight excluding hydrogens is 249 g/mol. The number of rotatable bonds is 6. The molecule has 0 heterocycles. The van der Waals surface area contributed by atoms with E-state index in [-0.39, 0.29) is 12.6 Å². The summed E-state index contributed by atoms with van der Waals surface area (Å²) in [6, 6.07) is 3.24. The van der Waals surface area contributed by atoms with E-state index in [9.17, 15) is 14.3 Å². The molecule has 5 heteroatoms. The minimum atomic E-state index is -0.752. The van der Waals surface area contributed by atoms with E-state index in [1.807, 2.05) is 13.8 Å². The maximum atomic E-state index is 13.4. The maximum absolute atomic E-state index is 13.4. The van der Waals surface area contributed by atoms with Crippen molar-refractivity contribution >= 4 is 5.97 Å². The van der Waals surface area contributed by atoms with Crippen LogP contribution >= 0.6 is 0 Å². The summed E-state index contributed by atoms with van der Waals surface area (Å²) in [5, 5.41) is 12.3. The molecule has 0 spiro atoms. The van der Waals surface area contributed by atoms with E-state index >= 15 is 0 Å². The van der Waals surface area contributed by atoms with Gasteiger partial charge in [0.05, 0.1) is 6.61 Å². The van der Waals surface area contributed by atoms with Crippen LogP contribution in [0.1, 0.15) is 38.8 Å². The molecule has 0 aliphatic heterocycles. The minimum absolute atomic E-state index is 0.0891. The molecule has 0 aliphatic rings. The van der Waals surface area contributed by atoms with E-state index in [4.69, 9.17) is 4.74 Å². The summed E-state index contributed by atoms with van der Waals surface area (Å²) in [7, 11) is 0. The summed E-state index contributed by atoms with van der Waals surface area (Å²) in [4.78, 5) is 11.9. The first kappa shape index (κ1) is 15.4. The Bertz CT molecular complexity index is 437. The topological polar surface area (TPSA) is 58.6 Å². The van der Waals surface area contributed by atoms with Gasteiger partial charge in [-0.15, -0.1) is 0 Å². The molecule has 0 aliphatic carbocycles. The summed E-state index contributed by atoms with van der Waals surface area (Å²) in [6.07, 6.45) is 0.830. The lowest BCUT2D eigenvalue weighted by Crippen LogP contribution is -2.36. The molecule has 19 heavy (non-hydrogen) atoms. The summed E-state index contributed by atoms with van der Waals surface area (Å²) < 4.78 is 18.4. The Morgan fingerprint density at radius 2 is 2.16 bits per heavy atom. The number of nitrogens with one attached hydrogen (secondary N) is 1. The molecule has 2 N–H and O–H groups in total. The molecule has 1 aromatic carbocycles. The van der Waals surface area contributed by atoms with Gasteiger partial charge in [-0.05, 0) is 38.0 Å². The van der Waals surface area contributed by atoms with Gasteiger partial charge in [0.25, 0.3) is 0 Å². The van der Waals surface area contributed by atoms with E-state index in [2.05, 4.69) is 5.32 Å². The number of halogens is 1. The summed E-state index contributed by atoms with van der Waals surface area (Å²) >= 11 is 0. The molecule has 106 valence electrons. The molecule has 0 bridgehead atoms. The molecule has 1 aromatic rings. The predicted octanol–water partition coefficient (Wildman–Crippen LogP) is 2.52. The number of carbonyl (C=O) groups is 1. The quantitative estimate of drug-likeness (QED) is 0.779. The van der Waals surface area contributed by atoms with Crippen LogP contribution in [0.5, 0.6) is 5.75 Å². The van der Waals surface area contributed by atoms with Gasteiger partial charge in [-0.25, -0.2) is 9.18 Å². The van der Waals surface area contributed by atoms with E-state index in [0.29, 0.717) is 5.56 Å². The molecule has 0 amide bonds. The molecule has 1 rings (SSSR count). The molecule has 0 fully saturated rings. The van der Waals surface area contributed by atoms with Crippen LogP contribution in [0.3, 0.4) is 0 Å². The van der Waals surface area contributed by atoms with Crippen molar-refractivity contribution in [3.05, 3.63) is 29.6 Å². The van der Waals surface area contributed by atoms with E-state index < -0.39 is 23.6 Å². The first-order valence-electron chi connectivity index (χ1n) is 6.40. The maximum Gasteiger partial charge on any atom is 0.327 e. The smallest absolute Gasteiger partial charge is 0.327 e. The average Bonchev–Trinajstić information content (AvgIpc) is 2.39. The van der Waals surface area contributed by atoms with Gasteiger partial charge < -0.3 is 9.84 Å². The Balaban J connectivity index is 3.00. The Kier molecular flexibility index (Phi) is 5.76. The number of hydrogen-bond donors (Lipinski definition) is 2. The van der Waals surface area contributed by atoms with Crippen LogP contribution in [-0.2, 0) is 9.53 Å². The van der Waals surface area contributed by atoms with Crippen molar-refractivity contribution in [2.24, 2.45) is 0 Å². The minimum Gasteiger partial charge on any atom is -0.505 e. The monoisotopic (exact) mass is 269 g/mol. The number of carbonyl (C=O) groups excluding carboxylic acids is 1. The van der Waals surface area contributed by atoms with Crippen LogP contribution < -0.4 is 5.32 Å². The first-order chi connectivity index (χ1) is 8.99. The second-order valence-electron chi connectivity index (χ2n) is 4.37. The lowest BCUT2D eigenvalue weighted by molar-refractivity contribution is -0.146. The van der Waals surface area contributed by atoms with Crippen molar-refractivity contribution in [2.75, 3.05) is 6.61 Å². The molecule has 0 saturated heterocycles. The summed E-state index contributed by atoms with van der Waals surface area (Å²) in [5.41, 5.74) is 0.439. The largest absolute Gasteiger partial charge is 0.505 e. The number of benzene rings is 1. The lowest BCUT2D eigenvalue weighted by atomic mass is 10.0. The van der Waals surface area contributed by atoms with Crippen molar-refractivity contribution in [3.63, 3.8) is 0 Å². The van der Waals surface area contributed by atoms with Crippen LogP contribution in [0.2, 0.25) is 0 Å². The zero-order chi connectivity index (χ0) is 14.4. The Morgan fingerprint density at radius 1 is 1.47 bits per heavy atom. The van der Waals surface area contributed by atoms with Gasteiger partial charge in [-0.1, -0.05) is 13.0 Å². The van der Waals surface area contributed by atoms with Gasteiger partial charge in [0.15, 0.2) is 11.6 Å². The Morgan fingerprint density at radius 3 is 2.68 bits per heavy atom. The molecular formula is C14H20FNO3. The first-order valence-corrected chi connectivity index (χ1v) is 6.40. The third kappa shape index (κ3) is 4.21. The SMILES string of the molecule is CCOC(=O)C(NC(C)CC)c1ccc(O)c(F)c1. The number of hydrogen-bond acceptors (Lipinski definition) is 4. The highest BCUT2D eigenvalue weighted by Crippen LogP contribution is 2.22. The molecule has 0 aromatic heterocycles. The highest BCUT2D eigenvalue weighted by Gasteiger charge is 2.24. The fourth-order valence-electron chi connectivity index (χ4n) is 1.63. The highest BCUT2D eigenvalue weighted by atomic mass is 19.1. The van der Waals surface area contributed by atoms with Crippen molar-refractivity contribution in [1.82, 2.24) is 5.32 Å².